The number of aryl methyl sites for hydroxylation is 4. The lowest BCUT2D eigenvalue weighted by molar-refractivity contribution is 0.394. The van der Waals surface area contributed by atoms with E-state index in [-0.39, 0.29) is 0 Å². The molecule has 0 saturated heterocycles. The van der Waals surface area contributed by atoms with Gasteiger partial charge in [0.1, 0.15) is 34.5 Å². The number of hydrogen-bond donors (Lipinski definition) is 2. The van der Waals surface area contributed by atoms with Gasteiger partial charge >= 0.3 is 0 Å². The first-order valence-electron chi connectivity index (χ1n) is 12.6. The maximum atomic E-state index is 9.59. The first-order chi connectivity index (χ1) is 18.4. The van der Waals surface area contributed by atoms with E-state index in [1.807, 2.05) is 36.4 Å². The predicted molar refractivity (Wildman–Crippen MR) is 148 cm³/mol. The molecule has 6 rings (SSSR count). The van der Waals surface area contributed by atoms with Crippen LogP contribution in [0.4, 0.5) is 0 Å². The molecule has 0 unspecified atom stereocenters. The molecular formula is C32H32O6. The van der Waals surface area contributed by atoms with Gasteiger partial charge in [0.25, 0.3) is 0 Å². The Morgan fingerprint density at radius 1 is 0.474 bits per heavy atom. The fourth-order valence-corrected chi connectivity index (χ4v) is 5.45. The molecule has 2 aliphatic rings. The number of ether oxygens (including phenoxy) is 4. The lowest BCUT2D eigenvalue weighted by Crippen LogP contribution is -2.06. The molecule has 0 radical (unpaired) electrons. The van der Waals surface area contributed by atoms with E-state index in [9.17, 15) is 10.2 Å². The molecule has 2 N–H and O–H groups in total. The predicted octanol–water partition coefficient (Wildman–Crippen LogP) is 6.35. The second kappa shape index (κ2) is 10.6. The molecule has 0 aromatic heterocycles. The smallest absolute Gasteiger partial charge is 0.130 e. The van der Waals surface area contributed by atoms with Crippen molar-refractivity contribution in [2.45, 2.75) is 25.7 Å². The van der Waals surface area contributed by atoms with E-state index in [1.165, 1.54) is 11.1 Å². The lowest BCUT2D eigenvalue weighted by Gasteiger charge is -2.23. The molecule has 0 aliphatic heterocycles. The van der Waals surface area contributed by atoms with Crippen LogP contribution >= 0.6 is 0 Å². The number of hydrogen-bond acceptors (Lipinski definition) is 6. The Morgan fingerprint density at radius 3 is 1.24 bits per heavy atom. The zero-order valence-electron chi connectivity index (χ0n) is 22.1. The van der Waals surface area contributed by atoms with E-state index in [4.69, 9.17) is 18.9 Å². The zero-order valence-corrected chi connectivity index (χ0v) is 22.1. The molecule has 6 nitrogen and oxygen atoms in total. The number of aromatic hydroxyl groups is 2. The van der Waals surface area contributed by atoms with Gasteiger partial charge in [0.2, 0.25) is 0 Å². The molecule has 38 heavy (non-hydrogen) atoms. The Labute approximate surface area is 223 Å². The molecule has 0 fully saturated rings. The third-order valence-corrected chi connectivity index (χ3v) is 7.27. The van der Waals surface area contributed by atoms with E-state index < -0.39 is 0 Å². The quantitative estimate of drug-likeness (QED) is 0.332. The highest BCUT2D eigenvalue weighted by Gasteiger charge is 2.22. The summed E-state index contributed by atoms with van der Waals surface area (Å²) in [6.07, 6.45) is 3.71. The van der Waals surface area contributed by atoms with Crippen LogP contribution in [0.5, 0.6) is 34.5 Å². The highest BCUT2D eigenvalue weighted by atomic mass is 16.5. The monoisotopic (exact) mass is 512 g/mol. The molecule has 0 atom stereocenters. The number of methoxy groups -OCH3 is 4. The molecule has 0 saturated carbocycles. The number of phenols is 2. The van der Waals surface area contributed by atoms with Crippen LogP contribution in [0, 0.1) is 0 Å². The molecule has 0 heterocycles. The topological polar surface area (TPSA) is 77.4 Å². The average Bonchev–Trinajstić information content (AvgIpc) is 2.95. The highest BCUT2D eigenvalue weighted by molar-refractivity contribution is 5.81. The van der Waals surface area contributed by atoms with Gasteiger partial charge in [-0.1, -0.05) is 12.1 Å². The van der Waals surface area contributed by atoms with Crippen LogP contribution in [0.15, 0.2) is 60.7 Å². The van der Waals surface area contributed by atoms with Crippen molar-refractivity contribution in [1.29, 1.82) is 0 Å². The third kappa shape index (κ3) is 4.70. The van der Waals surface area contributed by atoms with Gasteiger partial charge < -0.3 is 29.2 Å². The minimum Gasteiger partial charge on any atom is -0.508 e. The molecule has 6 heteroatoms. The van der Waals surface area contributed by atoms with Gasteiger partial charge in [-0.2, -0.15) is 0 Å². The first-order valence-corrected chi connectivity index (χ1v) is 12.6. The molecule has 0 bridgehead atoms. The Kier molecular flexibility index (Phi) is 7.05. The number of phenolic OH excluding ortho intramolecular Hbond substituents is 2. The van der Waals surface area contributed by atoms with Crippen molar-refractivity contribution in [2.24, 2.45) is 0 Å². The SMILES string of the molecule is COc1cc2c(c(OC)c1)-c1ccc(O)cc1CC2.COc1cc2c(c(OC)c1)-c1ccc(O)cc1CC2. The average molecular weight is 513 g/mol. The Morgan fingerprint density at radius 2 is 0.868 bits per heavy atom. The second-order valence-corrected chi connectivity index (χ2v) is 9.41. The third-order valence-electron chi connectivity index (χ3n) is 7.27. The lowest BCUT2D eigenvalue weighted by atomic mass is 9.85. The summed E-state index contributed by atoms with van der Waals surface area (Å²) in [5, 5.41) is 19.2. The normalized spacial score (nSPS) is 12.5. The van der Waals surface area contributed by atoms with Crippen molar-refractivity contribution in [3.63, 3.8) is 0 Å². The Hall–Kier alpha value is -4.32. The molecule has 0 spiro atoms. The molecule has 4 aromatic rings. The number of benzene rings is 4. The van der Waals surface area contributed by atoms with Gasteiger partial charge in [-0.3, -0.25) is 0 Å². The summed E-state index contributed by atoms with van der Waals surface area (Å²) in [5.41, 5.74) is 9.29. The standard InChI is InChI=1S/2C16H16O3/c2*1-18-13-8-11-4-3-10-7-12(17)5-6-14(10)16(11)15(9-13)19-2/h2*5-9,17H,3-4H2,1-2H3. The van der Waals surface area contributed by atoms with Crippen molar-refractivity contribution >= 4 is 0 Å². The summed E-state index contributed by atoms with van der Waals surface area (Å²) < 4.78 is 21.6. The molecule has 4 aromatic carbocycles. The van der Waals surface area contributed by atoms with Crippen LogP contribution in [-0.4, -0.2) is 38.7 Å². The maximum absolute atomic E-state index is 9.59. The molecular weight excluding hydrogens is 480 g/mol. The molecule has 2 aliphatic carbocycles. The van der Waals surface area contributed by atoms with Crippen LogP contribution in [-0.2, 0) is 25.7 Å². The fourth-order valence-electron chi connectivity index (χ4n) is 5.45. The number of rotatable bonds is 4. The van der Waals surface area contributed by atoms with Crippen LogP contribution in [0.2, 0.25) is 0 Å². The fraction of sp³-hybridized carbons (Fsp3) is 0.250. The van der Waals surface area contributed by atoms with Gasteiger partial charge in [-0.15, -0.1) is 0 Å². The largest absolute Gasteiger partial charge is 0.508 e. The summed E-state index contributed by atoms with van der Waals surface area (Å²) in [6.45, 7) is 0. The van der Waals surface area contributed by atoms with Crippen LogP contribution in [0.25, 0.3) is 22.3 Å². The van der Waals surface area contributed by atoms with Gasteiger partial charge in [-0.05, 0) is 95.5 Å². The summed E-state index contributed by atoms with van der Waals surface area (Å²) >= 11 is 0. The summed E-state index contributed by atoms with van der Waals surface area (Å²) in [5.74, 6) is 3.90. The van der Waals surface area contributed by atoms with E-state index in [0.717, 1.165) is 82.1 Å². The van der Waals surface area contributed by atoms with Crippen LogP contribution < -0.4 is 18.9 Å². The second-order valence-electron chi connectivity index (χ2n) is 9.41. The van der Waals surface area contributed by atoms with Gasteiger partial charge in [0.05, 0.1) is 28.4 Å². The zero-order chi connectivity index (χ0) is 26.8. The van der Waals surface area contributed by atoms with E-state index >= 15 is 0 Å². The van der Waals surface area contributed by atoms with Crippen molar-refractivity contribution in [1.82, 2.24) is 0 Å². The Bertz CT molecular complexity index is 1340. The highest BCUT2D eigenvalue weighted by Crippen LogP contribution is 2.44. The van der Waals surface area contributed by atoms with Crippen LogP contribution in [0.1, 0.15) is 22.3 Å². The van der Waals surface area contributed by atoms with Crippen molar-refractivity contribution < 1.29 is 29.2 Å². The Balaban J connectivity index is 0.000000155. The van der Waals surface area contributed by atoms with Crippen molar-refractivity contribution in [3.8, 4) is 56.8 Å². The number of fused-ring (bicyclic) bond motifs is 6. The minimum absolute atomic E-state index is 0.315. The van der Waals surface area contributed by atoms with Crippen molar-refractivity contribution in [3.05, 3.63) is 82.9 Å². The molecule has 196 valence electrons. The molecule has 0 amide bonds. The first kappa shape index (κ1) is 25.3. The van der Waals surface area contributed by atoms with Gasteiger partial charge in [0.15, 0.2) is 0 Å². The summed E-state index contributed by atoms with van der Waals surface area (Å²) in [7, 11) is 6.67. The van der Waals surface area contributed by atoms with E-state index in [0.29, 0.717) is 11.5 Å². The van der Waals surface area contributed by atoms with E-state index in [2.05, 4.69) is 12.1 Å². The van der Waals surface area contributed by atoms with Gasteiger partial charge in [0, 0.05) is 23.3 Å². The summed E-state index contributed by atoms with van der Waals surface area (Å²) in [6, 6.07) is 19.0. The van der Waals surface area contributed by atoms with Crippen molar-refractivity contribution in [2.75, 3.05) is 28.4 Å². The van der Waals surface area contributed by atoms with E-state index in [1.54, 1.807) is 40.6 Å². The maximum Gasteiger partial charge on any atom is 0.130 e. The minimum atomic E-state index is 0.315. The van der Waals surface area contributed by atoms with Gasteiger partial charge in [-0.25, -0.2) is 0 Å². The summed E-state index contributed by atoms with van der Waals surface area (Å²) in [4.78, 5) is 0. The van der Waals surface area contributed by atoms with Crippen LogP contribution in [0.3, 0.4) is 0 Å².